The van der Waals surface area contributed by atoms with Crippen LogP contribution in [0.15, 0.2) is 53.4 Å². The number of hydrogen-bond acceptors (Lipinski definition) is 8. The second kappa shape index (κ2) is 10.8. The van der Waals surface area contributed by atoms with Gasteiger partial charge in [-0.05, 0) is 91.6 Å². The van der Waals surface area contributed by atoms with Gasteiger partial charge in [0.2, 0.25) is 11.8 Å². The van der Waals surface area contributed by atoms with E-state index in [1.165, 1.54) is 19.1 Å². The number of methoxy groups -OCH3 is 1. The van der Waals surface area contributed by atoms with E-state index in [2.05, 4.69) is 51.5 Å². The summed E-state index contributed by atoms with van der Waals surface area (Å²) in [6.45, 7) is 11.6. The Morgan fingerprint density at radius 1 is 1.09 bits per heavy atom. The number of hydrogen-bond donors (Lipinski definition) is 1. The molecule has 1 atom stereocenters. The van der Waals surface area contributed by atoms with Crippen LogP contribution < -0.4 is 9.46 Å². The molecular weight excluding hydrogens is 560 g/mol. The average Bonchev–Trinajstić information content (AvgIpc) is 2.92. The third kappa shape index (κ3) is 5.71. The summed E-state index contributed by atoms with van der Waals surface area (Å²) in [5.41, 5.74) is 4.21. The molecule has 3 fully saturated rings. The lowest BCUT2D eigenvalue weighted by atomic mass is 9.35. The van der Waals surface area contributed by atoms with Crippen LogP contribution in [0.2, 0.25) is 0 Å². The highest BCUT2D eigenvalue weighted by molar-refractivity contribution is 8.00. The van der Waals surface area contributed by atoms with Gasteiger partial charge < -0.3 is 14.4 Å². The van der Waals surface area contributed by atoms with Gasteiger partial charge in [-0.1, -0.05) is 45.0 Å². The van der Waals surface area contributed by atoms with E-state index in [1.54, 1.807) is 0 Å². The lowest BCUT2D eigenvalue weighted by Gasteiger charge is -2.69. The molecule has 3 aromatic rings. The number of benzene rings is 2. The topological polar surface area (TPSA) is 93.7 Å². The van der Waals surface area contributed by atoms with Crippen molar-refractivity contribution in [2.24, 2.45) is 16.2 Å². The summed E-state index contributed by atoms with van der Waals surface area (Å²) in [4.78, 5) is 39.2. The number of anilines is 1. The first kappa shape index (κ1) is 29.5. The Labute approximate surface area is 258 Å². The van der Waals surface area contributed by atoms with Gasteiger partial charge in [0.25, 0.3) is 5.91 Å². The molecule has 1 unspecified atom stereocenters. The Morgan fingerprint density at radius 2 is 1.79 bits per heavy atom. The molecule has 43 heavy (non-hydrogen) atoms. The third-order valence-corrected chi connectivity index (χ3v) is 9.79. The van der Waals surface area contributed by atoms with Crippen LogP contribution in [-0.4, -0.2) is 53.0 Å². The summed E-state index contributed by atoms with van der Waals surface area (Å²) in [7, 11) is 1.46. The molecule has 1 amide bonds. The number of fused-ring (bicyclic) bond motifs is 4. The van der Waals surface area contributed by atoms with Gasteiger partial charge in [0, 0.05) is 28.6 Å². The summed E-state index contributed by atoms with van der Waals surface area (Å²) in [6, 6.07) is 15.6. The molecule has 0 saturated heterocycles. The van der Waals surface area contributed by atoms with Gasteiger partial charge in [0.05, 0.1) is 24.3 Å². The van der Waals surface area contributed by atoms with Crippen molar-refractivity contribution in [3.63, 3.8) is 0 Å². The van der Waals surface area contributed by atoms with Crippen molar-refractivity contribution in [1.82, 2.24) is 14.9 Å². The van der Waals surface area contributed by atoms with Gasteiger partial charge in [0.1, 0.15) is 6.61 Å². The van der Waals surface area contributed by atoms with E-state index < -0.39 is 0 Å². The quantitative estimate of drug-likeness (QED) is 0.251. The fraction of sp³-hybridized carbons (Fsp3) is 0.471. The molecule has 8 nitrogen and oxygen atoms in total. The zero-order valence-electron chi connectivity index (χ0n) is 25.8. The number of esters is 1. The van der Waals surface area contributed by atoms with Crippen molar-refractivity contribution in [1.29, 1.82) is 0 Å². The van der Waals surface area contributed by atoms with E-state index in [4.69, 9.17) is 19.4 Å². The van der Waals surface area contributed by atoms with Gasteiger partial charge in [-0.2, -0.15) is 4.98 Å². The smallest absolute Gasteiger partial charge is 0.311 e. The first-order valence-corrected chi connectivity index (χ1v) is 15.7. The van der Waals surface area contributed by atoms with Crippen LogP contribution in [0.4, 0.5) is 5.95 Å². The summed E-state index contributed by atoms with van der Waals surface area (Å²) in [5, 5.41) is 0. The minimum atomic E-state index is -0.373. The highest BCUT2D eigenvalue weighted by Gasteiger charge is 2.72. The molecular formula is C34H40N4O4S. The van der Waals surface area contributed by atoms with E-state index in [-0.39, 0.29) is 40.8 Å². The van der Waals surface area contributed by atoms with E-state index >= 15 is 0 Å². The Bertz CT molecular complexity index is 1540. The van der Waals surface area contributed by atoms with E-state index in [1.807, 2.05) is 41.3 Å². The predicted molar refractivity (Wildman–Crippen MR) is 168 cm³/mol. The molecule has 226 valence electrons. The number of nitrogens with one attached hydrogen (secondary N) is 1. The molecule has 6 bridgehead atoms. The maximum atomic E-state index is 14.3. The van der Waals surface area contributed by atoms with Gasteiger partial charge in [-0.15, -0.1) is 0 Å². The maximum absolute atomic E-state index is 14.3. The summed E-state index contributed by atoms with van der Waals surface area (Å²) >= 11 is 1.37. The Morgan fingerprint density at radius 3 is 2.47 bits per heavy atom. The number of amides is 1. The van der Waals surface area contributed by atoms with Crippen LogP contribution in [0.3, 0.4) is 0 Å². The van der Waals surface area contributed by atoms with Crippen LogP contribution in [0.5, 0.6) is 5.88 Å². The zero-order chi connectivity index (χ0) is 30.6. The minimum absolute atomic E-state index is 0.0228. The molecule has 0 spiro atoms. The molecule has 3 aliphatic carbocycles. The van der Waals surface area contributed by atoms with Crippen molar-refractivity contribution in [3.8, 4) is 17.1 Å². The second-order valence-electron chi connectivity index (χ2n) is 13.9. The second-order valence-corrected chi connectivity index (χ2v) is 14.8. The SMILES string of the molecule is COC(=O)C12CC(CN3C(=O)c4cccc(c4)SNc4nc(cc(-c5c(C)cccc5C)n4)OCC3CC(C)(C)C)(C1)C2. The van der Waals surface area contributed by atoms with Crippen LogP contribution in [-0.2, 0) is 9.53 Å². The van der Waals surface area contributed by atoms with Crippen molar-refractivity contribution < 1.29 is 19.1 Å². The first-order valence-electron chi connectivity index (χ1n) is 14.9. The molecule has 1 N–H and O–H groups in total. The van der Waals surface area contributed by atoms with Gasteiger partial charge in [0.15, 0.2) is 0 Å². The van der Waals surface area contributed by atoms with Crippen LogP contribution >= 0.6 is 11.9 Å². The number of aryl methyl sites for hydroxylation is 2. The van der Waals surface area contributed by atoms with Crippen molar-refractivity contribution >= 4 is 29.8 Å². The lowest BCUT2D eigenvalue weighted by molar-refractivity contribution is -0.230. The fourth-order valence-corrected chi connectivity index (χ4v) is 7.96. The van der Waals surface area contributed by atoms with E-state index in [9.17, 15) is 9.59 Å². The fourth-order valence-electron chi connectivity index (χ4n) is 7.33. The summed E-state index contributed by atoms with van der Waals surface area (Å²) in [5.74, 6) is 0.757. The molecule has 7 rings (SSSR count). The number of nitrogens with zero attached hydrogens (tertiary/aromatic N) is 3. The summed E-state index contributed by atoms with van der Waals surface area (Å²) in [6.07, 6.45) is 3.01. The predicted octanol–water partition coefficient (Wildman–Crippen LogP) is 6.86. The normalized spacial score (nSPS) is 24.7. The number of aromatic nitrogens is 2. The molecule has 1 aromatic heterocycles. The maximum Gasteiger partial charge on any atom is 0.311 e. The first-order chi connectivity index (χ1) is 20.4. The number of carbonyl (C=O) groups is 2. The van der Waals surface area contributed by atoms with E-state index in [0.29, 0.717) is 23.9 Å². The van der Waals surface area contributed by atoms with Crippen molar-refractivity contribution in [2.45, 2.75) is 71.2 Å². The Hall–Kier alpha value is -3.59. The number of carbonyl (C=O) groups excluding carboxylic acids is 2. The van der Waals surface area contributed by atoms with Crippen LogP contribution in [0, 0.1) is 30.1 Å². The number of ether oxygens (including phenoxy) is 2. The summed E-state index contributed by atoms with van der Waals surface area (Å²) < 4.78 is 14.9. The van der Waals surface area contributed by atoms with Gasteiger partial charge in [-0.25, -0.2) is 4.98 Å². The van der Waals surface area contributed by atoms with Crippen LogP contribution in [0.25, 0.3) is 11.3 Å². The molecule has 2 heterocycles. The highest BCUT2D eigenvalue weighted by Crippen LogP contribution is 2.74. The third-order valence-electron chi connectivity index (χ3n) is 9.02. The average molecular weight is 601 g/mol. The van der Waals surface area contributed by atoms with Crippen LogP contribution in [0.1, 0.15) is 67.9 Å². The molecule has 1 aliphatic heterocycles. The zero-order valence-corrected chi connectivity index (χ0v) is 26.6. The molecule has 4 aliphatic rings. The Kier molecular flexibility index (Phi) is 7.43. The molecule has 9 heteroatoms. The van der Waals surface area contributed by atoms with Gasteiger partial charge >= 0.3 is 5.97 Å². The minimum Gasteiger partial charge on any atom is -0.475 e. The Balaban J connectivity index is 1.39. The van der Waals surface area contributed by atoms with Crippen molar-refractivity contribution in [3.05, 3.63) is 65.2 Å². The van der Waals surface area contributed by atoms with Crippen molar-refractivity contribution in [2.75, 3.05) is 25.0 Å². The molecule has 0 radical (unpaired) electrons. The lowest BCUT2D eigenvalue weighted by Crippen LogP contribution is -2.70. The van der Waals surface area contributed by atoms with Gasteiger partial charge in [-0.3, -0.25) is 14.3 Å². The molecule has 3 saturated carbocycles. The number of rotatable bonds is 5. The monoisotopic (exact) mass is 600 g/mol. The largest absolute Gasteiger partial charge is 0.475 e. The highest BCUT2D eigenvalue weighted by atomic mass is 32.2. The molecule has 2 aromatic carbocycles. The standard InChI is InChI=1S/C34H40N4O4S/c1-21-9-7-10-22(2)28(21)26-14-27-36-31(35-26)37-43-25-12-8-11-23(13-25)29(39)38(24(16-42-27)15-32(3,4)5)20-33-17-34(18-33,19-33)30(40)41-6/h7-14,24H,15-20H2,1-6H3,(H,35,36,37). The van der Waals surface area contributed by atoms with E-state index in [0.717, 1.165) is 53.0 Å².